The fraction of sp³-hybridized carbons (Fsp3) is 0.611. The molecule has 7 nitrogen and oxygen atoms in total. The smallest absolute Gasteiger partial charge is 0.251 e. The number of piperidine rings is 1. The van der Waals surface area contributed by atoms with Gasteiger partial charge in [-0.1, -0.05) is 6.07 Å². The monoisotopic (exact) mass is 345 g/mol. The van der Waals surface area contributed by atoms with Crippen molar-refractivity contribution in [1.82, 2.24) is 15.8 Å². The molecule has 0 aromatic heterocycles. The Balaban J connectivity index is 1.34. The molecule has 0 radical (unpaired) electrons. The lowest BCUT2D eigenvalue weighted by atomic mass is 9.85. The summed E-state index contributed by atoms with van der Waals surface area (Å²) in [5.74, 6) is 2.09. The maximum atomic E-state index is 12.7. The second-order valence-corrected chi connectivity index (χ2v) is 7.22. The molecule has 4 aliphatic rings. The van der Waals surface area contributed by atoms with Crippen molar-refractivity contribution in [2.24, 2.45) is 5.92 Å². The average Bonchev–Trinajstić information content (AvgIpc) is 3.39. The number of ether oxygens (including phenoxy) is 3. The Labute approximate surface area is 146 Å². The van der Waals surface area contributed by atoms with Gasteiger partial charge in [-0.3, -0.25) is 10.2 Å². The quantitative estimate of drug-likeness (QED) is 0.832. The first-order valence-electron chi connectivity index (χ1n) is 9.10. The number of hydrazine groups is 1. The highest BCUT2D eigenvalue weighted by molar-refractivity contribution is 5.81. The number of likely N-dealkylation sites (tertiary alicyclic amines) is 1. The van der Waals surface area contributed by atoms with Crippen molar-refractivity contribution in [3.63, 3.8) is 0 Å². The summed E-state index contributed by atoms with van der Waals surface area (Å²) < 4.78 is 16.5. The van der Waals surface area contributed by atoms with Crippen LogP contribution in [0.25, 0.3) is 0 Å². The molecule has 4 heterocycles. The van der Waals surface area contributed by atoms with Crippen LogP contribution in [0.1, 0.15) is 30.9 Å². The molecule has 25 heavy (non-hydrogen) atoms. The third kappa shape index (κ3) is 2.67. The first-order valence-corrected chi connectivity index (χ1v) is 9.10. The van der Waals surface area contributed by atoms with Crippen molar-refractivity contribution in [3.05, 3.63) is 23.8 Å². The SMILES string of the molecule is O=C(C1CCCO1)N1CCC2NNC(c3ccc4c(c3)OCO4)C2C1. The predicted octanol–water partition coefficient (Wildman–Crippen LogP) is 0.960. The first kappa shape index (κ1) is 15.4. The Bertz CT molecular complexity index is 676. The predicted molar refractivity (Wildman–Crippen MR) is 89.0 cm³/mol. The molecule has 2 N–H and O–H groups in total. The zero-order valence-electron chi connectivity index (χ0n) is 14.1. The zero-order chi connectivity index (χ0) is 16.8. The van der Waals surface area contributed by atoms with Gasteiger partial charge in [-0.05, 0) is 37.0 Å². The number of hydrogen-bond donors (Lipinski definition) is 2. The van der Waals surface area contributed by atoms with Crippen LogP contribution in [0.15, 0.2) is 18.2 Å². The number of nitrogens with zero attached hydrogens (tertiary/aromatic N) is 1. The standard InChI is InChI=1S/C18H23N3O4/c22-18(15-2-1-7-23-15)21-6-5-13-12(9-21)17(20-19-13)11-3-4-14-16(8-11)25-10-24-14/h3-4,8,12-13,15,17,19-20H,1-2,5-7,9-10H2. The van der Waals surface area contributed by atoms with Crippen LogP contribution < -0.4 is 20.3 Å². The molecule has 0 saturated carbocycles. The number of hydrogen-bond acceptors (Lipinski definition) is 6. The maximum Gasteiger partial charge on any atom is 0.251 e. The van der Waals surface area contributed by atoms with Gasteiger partial charge in [0.2, 0.25) is 6.79 Å². The second-order valence-electron chi connectivity index (χ2n) is 7.22. The largest absolute Gasteiger partial charge is 0.454 e. The van der Waals surface area contributed by atoms with E-state index in [1.807, 2.05) is 17.0 Å². The summed E-state index contributed by atoms with van der Waals surface area (Å²) in [5, 5.41) is 0. The van der Waals surface area contributed by atoms with Crippen molar-refractivity contribution in [3.8, 4) is 11.5 Å². The van der Waals surface area contributed by atoms with E-state index in [0.717, 1.165) is 49.4 Å². The van der Waals surface area contributed by atoms with Crippen LogP contribution in [0.2, 0.25) is 0 Å². The molecule has 1 aromatic rings. The molecule has 7 heteroatoms. The van der Waals surface area contributed by atoms with E-state index >= 15 is 0 Å². The van der Waals surface area contributed by atoms with Gasteiger partial charge >= 0.3 is 0 Å². The first-order chi connectivity index (χ1) is 12.3. The number of fused-ring (bicyclic) bond motifs is 2. The van der Waals surface area contributed by atoms with E-state index in [1.54, 1.807) is 0 Å². The number of rotatable bonds is 2. The lowest BCUT2D eigenvalue weighted by Crippen LogP contribution is -2.50. The van der Waals surface area contributed by atoms with Crippen LogP contribution in [0.3, 0.4) is 0 Å². The van der Waals surface area contributed by atoms with E-state index in [0.29, 0.717) is 18.6 Å². The summed E-state index contributed by atoms with van der Waals surface area (Å²) in [6.07, 6.45) is 2.56. The minimum atomic E-state index is -0.233. The molecule has 4 aliphatic heterocycles. The van der Waals surface area contributed by atoms with Crippen LogP contribution in [0, 0.1) is 5.92 Å². The maximum absolute atomic E-state index is 12.7. The van der Waals surface area contributed by atoms with E-state index in [-0.39, 0.29) is 24.8 Å². The van der Waals surface area contributed by atoms with Crippen molar-refractivity contribution in [2.45, 2.75) is 37.5 Å². The van der Waals surface area contributed by atoms with Gasteiger partial charge in [0.15, 0.2) is 11.5 Å². The van der Waals surface area contributed by atoms with Gasteiger partial charge in [0.1, 0.15) is 6.10 Å². The lowest BCUT2D eigenvalue weighted by Gasteiger charge is -2.37. The van der Waals surface area contributed by atoms with Crippen molar-refractivity contribution in [2.75, 3.05) is 26.5 Å². The van der Waals surface area contributed by atoms with Crippen LogP contribution in [-0.4, -0.2) is 49.4 Å². The molecule has 0 bridgehead atoms. The molecule has 0 spiro atoms. The number of amides is 1. The van der Waals surface area contributed by atoms with Crippen molar-refractivity contribution < 1.29 is 19.0 Å². The van der Waals surface area contributed by atoms with Gasteiger partial charge in [-0.2, -0.15) is 0 Å². The highest BCUT2D eigenvalue weighted by atomic mass is 16.7. The van der Waals surface area contributed by atoms with Gasteiger partial charge in [-0.25, -0.2) is 5.43 Å². The molecule has 0 aliphatic carbocycles. The van der Waals surface area contributed by atoms with E-state index in [1.165, 1.54) is 0 Å². The van der Waals surface area contributed by atoms with E-state index < -0.39 is 0 Å². The summed E-state index contributed by atoms with van der Waals surface area (Å²) in [4.78, 5) is 14.7. The van der Waals surface area contributed by atoms with Crippen LogP contribution in [0.4, 0.5) is 0 Å². The van der Waals surface area contributed by atoms with E-state index in [2.05, 4.69) is 16.9 Å². The molecular weight excluding hydrogens is 322 g/mol. The summed E-state index contributed by atoms with van der Waals surface area (Å²) in [7, 11) is 0. The molecular formula is C18H23N3O4. The van der Waals surface area contributed by atoms with Crippen molar-refractivity contribution in [1.29, 1.82) is 0 Å². The Morgan fingerprint density at radius 3 is 2.96 bits per heavy atom. The van der Waals surface area contributed by atoms with Crippen LogP contribution >= 0.6 is 0 Å². The Kier molecular flexibility index (Phi) is 3.80. The fourth-order valence-corrected chi connectivity index (χ4v) is 4.42. The lowest BCUT2D eigenvalue weighted by molar-refractivity contribution is -0.143. The highest BCUT2D eigenvalue weighted by Gasteiger charge is 2.43. The Morgan fingerprint density at radius 1 is 1.16 bits per heavy atom. The van der Waals surface area contributed by atoms with Crippen molar-refractivity contribution >= 4 is 5.91 Å². The minimum Gasteiger partial charge on any atom is -0.454 e. The van der Waals surface area contributed by atoms with Crippen LogP contribution in [0.5, 0.6) is 11.5 Å². The molecule has 4 atom stereocenters. The fourth-order valence-electron chi connectivity index (χ4n) is 4.42. The summed E-state index contributed by atoms with van der Waals surface area (Å²) in [6, 6.07) is 6.62. The summed E-state index contributed by atoms with van der Waals surface area (Å²) in [6.45, 7) is 2.54. The summed E-state index contributed by atoms with van der Waals surface area (Å²) in [5.41, 5.74) is 7.99. The number of carbonyl (C=O) groups excluding carboxylic acids is 1. The molecule has 3 saturated heterocycles. The Morgan fingerprint density at radius 2 is 2.08 bits per heavy atom. The molecule has 1 amide bonds. The molecule has 3 fully saturated rings. The van der Waals surface area contributed by atoms with E-state index in [9.17, 15) is 4.79 Å². The normalized spacial score (nSPS) is 33.5. The Hall–Kier alpha value is -1.83. The summed E-state index contributed by atoms with van der Waals surface area (Å²) >= 11 is 0. The van der Waals surface area contributed by atoms with Gasteiger partial charge in [-0.15, -0.1) is 0 Å². The van der Waals surface area contributed by atoms with E-state index in [4.69, 9.17) is 14.2 Å². The minimum absolute atomic E-state index is 0.152. The highest BCUT2D eigenvalue weighted by Crippen LogP contribution is 2.39. The zero-order valence-corrected chi connectivity index (χ0v) is 14.1. The van der Waals surface area contributed by atoms with Crippen LogP contribution in [-0.2, 0) is 9.53 Å². The molecule has 134 valence electrons. The number of carbonyl (C=O) groups is 1. The van der Waals surface area contributed by atoms with Gasteiger partial charge < -0.3 is 19.1 Å². The second kappa shape index (κ2) is 6.16. The molecule has 1 aromatic carbocycles. The number of nitrogens with one attached hydrogen (secondary N) is 2. The van der Waals surface area contributed by atoms with Gasteiger partial charge in [0.05, 0.1) is 6.04 Å². The van der Waals surface area contributed by atoms with Gasteiger partial charge in [0.25, 0.3) is 5.91 Å². The number of benzene rings is 1. The molecule has 5 rings (SSSR count). The average molecular weight is 345 g/mol. The topological polar surface area (TPSA) is 72.1 Å². The van der Waals surface area contributed by atoms with Gasteiger partial charge in [0, 0.05) is 31.7 Å². The third-order valence-electron chi connectivity index (χ3n) is 5.78. The molecule has 4 unspecified atom stereocenters. The third-order valence-corrected chi connectivity index (χ3v) is 5.78.